The summed E-state index contributed by atoms with van der Waals surface area (Å²) in [6.45, 7) is 6.25. The fraction of sp³-hybridized carbons (Fsp3) is 0.938. The molecule has 0 radical (unpaired) electrons. The van der Waals surface area contributed by atoms with E-state index in [0.29, 0.717) is 79.3 Å². The summed E-state index contributed by atoms with van der Waals surface area (Å²) in [7, 11) is 1.63. The molecule has 0 saturated heterocycles. The van der Waals surface area contributed by atoms with E-state index < -0.39 is 6.16 Å². The summed E-state index contributed by atoms with van der Waals surface area (Å²) in [6, 6.07) is 0. The smallest absolute Gasteiger partial charge is 0.450 e. The monoisotopic (exact) mass is 384 g/mol. The minimum absolute atomic E-state index is 0.0195. The number of ether oxygens (including phenoxy) is 8. The molecule has 0 bridgehead atoms. The van der Waals surface area contributed by atoms with Gasteiger partial charge < -0.3 is 43.0 Å². The summed E-state index contributed by atoms with van der Waals surface area (Å²) < 4.78 is 40.8. The third-order valence-electron chi connectivity index (χ3n) is 2.75. The third kappa shape index (κ3) is 23.0. The molecule has 0 rings (SSSR count). The first-order chi connectivity index (χ1) is 12.8. The summed E-state index contributed by atoms with van der Waals surface area (Å²) in [5.41, 5.74) is 0. The number of hydrogen-bond acceptors (Lipinski definition) is 9. The Labute approximate surface area is 154 Å². The molecule has 0 aliphatic heterocycles. The Morgan fingerprint density at radius 3 is 1.08 bits per heavy atom. The molecule has 0 fully saturated rings. The first kappa shape index (κ1) is 25.0. The molecule has 0 saturated carbocycles. The largest absolute Gasteiger partial charge is 0.505 e. The van der Waals surface area contributed by atoms with E-state index in [4.69, 9.17) is 38.3 Å². The standard InChI is InChI=1S/C16H32O10/c1-19-2-3-20-4-5-21-6-7-22-8-9-23-10-11-24-12-13-25-14-15-26-16(17)18/h2-15H2,1H3,(H,17,18). The SMILES string of the molecule is COCCOCCOCCOCCOCCOCCOCCOC(=O)O. The van der Waals surface area contributed by atoms with Crippen LogP contribution in [-0.4, -0.2) is 111 Å². The van der Waals surface area contributed by atoms with E-state index in [1.165, 1.54) is 0 Å². The maximum absolute atomic E-state index is 10.1. The van der Waals surface area contributed by atoms with Crippen LogP contribution in [0.25, 0.3) is 0 Å². The molecule has 0 aliphatic rings. The van der Waals surface area contributed by atoms with Crippen molar-refractivity contribution in [2.45, 2.75) is 0 Å². The quantitative estimate of drug-likeness (QED) is 0.221. The molecular formula is C16H32O10. The van der Waals surface area contributed by atoms with Gasteiger partial charge in [0.1, 0.15) is 6.61 Å². The van der Waals surface area contributed by atoms with Gasteiger partial charge >= 0.3 is 6.16 Å². The van der Waals surface area contributed by atoms with E-state index in [0.717, 1.165) is 0 Å². The molecule has 0 heterocycles. The minimum Gasteiger partial charge on any atom is -0.450 e. The summed E-state index contributed by atoms with van der Waals surface area (Å²) in [4.78, 5) is 10.1. The van der Waals surface area contributed by atoms with Crippen molar-refractivity contribution in [3.63, 3.8) is 0 Å². The van der Waals surface area contributed by atoms with Gasteiger partial charge in [-0.25, -0.2) is 4.79 Å². The van der Waals surface area contributed by atoms with E-state index in [1.807, 2.05) is 0 Å². The molecule has 156 valence electrons. The normalized spacial score (nSPS) is 11.0. The van der Waals surface area contributed by atoms with Gasteiger partial charge in [0.05, 0.1) is 85.9 Å². The maximum Gasteiger partial charge on any atom is 0.505 e. The van der Waals surface area contributed by atoms with Gasteiger partial charge in [0.15, 0.2) is 0 Å². The van der Waals surface area contributed by atoms with Crippen LogP contribution in [-0.2, 0) is 37.9 Å². The fourth-order valence-corrected chi connectivity index (χ4v) is 1.53. The number of hydrogen-bond donors (Lipinski definition) is 1. The topological polar surface area (TPSA) is 111 Å². The van der Waals surface area contributed by atoms with Gasteiger partial charge in [0.25, 0.3) is 0 Å². The zero-order chi connectivity index (χ0) is 19.1. The van der Waals surface area contributed by atoms with Crippen LogP contribution in [0.3, 0.4) is 0 Å². The molecule has 0 aromatic carbocycles. The first-order valence-corrected chi connectivity index (χ1v) is 8.58. The molecule has 0 atom stereocenters. The van der Waals surface area contributed by atoms with Crippen molar-refractivity contribution < 1.29 is 47.8 Å². The number of methoxy groups -OCH3 is 1. The first-order valence-electron chi connectivity index (χ1n) is 8.58. The Balaban J connectivity index is 2.98. The van der Waals surface area contributed by atoms with Crippen LogP contribution in [0.2, 0.25) is 0 Å². The number of carbonyl (C=O) groups is 1. The van der Waals surface area contributed by atoms with Crippen molar-refractivity contribution in [2.75, 3.05) is 99.6 Å². The van der Waals surface area contributed by atoms with Gasteiger partial charge in [-0.1, -0.05) is 0 Å². The highest BCUT2D eigenvalue weighted by Crippen LogP contribution is 1.85. The maximum atomic E-state index is 10.1. The van der Waals surface area contributed by atoms with Gasteiger partial charge in [-0.05, 0) is 0 Å². The summed E-state index contributed by atoms with van der Waals surface area (Å²) in [6.07, 6.45) is -1.30. The zero-order valence-electron chi connectivity index (χ0n) is 15.5. The lowest BCUT2D eigenvalue weighted by Crippen LogP contribution is -2.15. The van der Waals surface area contributed by atoms with Gasteiger partial charge in [-0.2, -0.15) is 0 Å². The highest BCUT2D eigenvalue weighted by Gasteiger charge is 1.96. The van der Waals surface area contributed by atoms with Crippen molar-refractivity contribution in [3.05, 3.63) is 0 Å². The van der Waals surface area contributed by atoms with Gasteiger partial charge in [0.2, 0.25) is 0 Å². The predicted octanol–water partition coefficient (Wildman–Crippen LogP) is 0.427. The van der Waals surface area contributed by atoms with E-state index in [-0.39, 0.29) is 13.2 Å². The molecule has 10 nitrogen and oxygen atoms in total. The van der Waals surface area contributed by atoms with Crippen molar-refractivity contribution in [2.24, 2.45) is 0 Å². The number of rotatable bonds is 21. The second-order valence-electron chi connectivity index (χ2n) is 4.78. The van der Waals surface area contributed by atoms with Crippen LogP contribution in [0.1, 0.15) is 0 Å². The molecule has 0 amide bonds. The lowest BCUT2D eigenvalue weighted by atomic mass is 10.6. The van der Waals surface area contributed by atoms with E-state index in [2.05, 4.69) is 4.74 Å². The Bertz CT molecular complexity index is 290. The lowest BCUT2D eigenvalue weighted by molar-refractivity contribution is -0.0212. The Kier molecular flexibility index (Phi) is 21.2. The van der Waals surface area contributed by atoms with Gasteiger partial charge in [-0.3, -0.25) is 0 Å². The second-order valence-corrected chi connectivity index (χ2v) is 4.78. The van der Waals surface area contributed by atoms with Crippen LogP contribution < -0.4 is 0 Å². The summed E-state index contributed by atoms with van der Waals surface area (Å²) in [5.74, 6) is 0. The van der Waals surface area contributed by atoms with Crippen LogP contribution >= 0.6 is 0 Å². The molecule has 0 aromatic heterocycles. The van der Waals surface area contributed by atoms with Crippen molar-refractivity contribution >= 4 is 6.16 Å². The highest BCUT2D eigenvalue weighted by molar-refractivity contribution is 5.56. The van der Waals surface area contributed by atoms with Crippen molar-refractivity contribution in [1.82, 2.24) is 0 Å². The van der Waals surface area contributed by atoms with Crippen molar-refractivity contribution in [1.29, 1.82) is 0 Å². The van der Waals surface area contributed by atoms with Crippen LogP contribution in [0, 0.1) is 0 Å². The average Bonchev–Trinajstić information content (AvgIpc) is 2.62. The molecule has 0 aromatic rings. The van der Waals surface area contributed by atoms with E-state index in [9.17, 15) is 4.79 Å². The molecule has 0 spiro atoms. The van der Waals surface area contributed by atoms with Gasteiger partial charge in [-0.15, -0.1) is 0 Å². The predicted molar refractivity (Wildman–Crippen MR) is 90.8 cm³/mol. The second kappa shape index (κ2) is 22.0. The van der Waals surface area contributed by atoms with Crippen LogP contribution in [0.5, 0.6) is 0 Å². The Morgan fingerprint density at radius 2 is 0.808 bits per heavy atom. The Morgan fingerprint density at radius 1 is 0.538 bits per heavy atom. The number of carboxylic acid groups (broad SMARTS) is 1. The molecule has 0 unspecified atom stereocenters. The van der Waals surface area contributed by atoms with Gasteiger partial charge in [0, 0.05) is 7.11 Å². The average molecular weight is 384 g/mol. The highest BCUT2D eigenvalue weighted by atomic mass is 16.7. The summed E-state index contributed by atoms with van der Waals surface area (Å²) >= 11 is 0. The van der Waals surface area contributed by atoms with Crippen LogP contribution in [0.4, 0.5) is 4.79 Å². The Hall–Kier alpha value is -1.01. The van der Waals surface area contributed by atoms with Crippen LogP contribution in [0.15, 0.2) is 0 Å². The summed E-state index contributed by atoms with van der Waals surface area (Å²) in [5, 5.41) is 8.23. The minimum atomic E-state index is -1.30. The van der Waals surface area contributed by atoms with Crippen molar-refractivity contribution in [3.8, 4) is 0 Å². The van der Waals surface area contributed by atoms with E-state index in [1.54, 1.807) is 7.11 Å². The van der Waals surface area contributed by atoms with E-state index >= 15 is 0 Å². The molecular weight excluding hydrogens is 352 g/mol. The molecule has 0 aliphatic carbocycles. The third-order valence-corrected chi connectivity index (χ3v) is 2.75. The lowest BCUT2D eigenvalue weighted by Gasteiger charge is -2.08. The fourth-order valence-electron chi connectivity index (χ4n) is 1.53. The molecule has 26 heavy (non-hydrogen) atoms. The molecule has 1 N–H and O–H groups in total. The zero-order valence-corrected chi connectivity index (χ0v) is 15.5. The molecule has 10 heteroatoms.